The summed E-state index contributed by atoms with van der Waals surface area (Å²) < 4.78 is 1.46. The van der Waals surface area contributed by atoms with Gasteiger partial charge in [-0.15, -0.1) is 15.3 Å². The first-order chi connectivity index (χ1) is 15.0. The summed E-state index contributed by atoms with van der Waals surface area (Å²) in [5, 5.41) is 26.9. The summed E-state index contributed by atoms with van der Waals surface area (Å²) in [4.78, 5) is 13.6. The number of anilines is 1. The van der Waals surface area contributed by atoms with Crippen LogP contribution in [0.1, 0.15) is 31.7 Å². The van der Waals surface area contributed by atoms with E-state index in [0.29, 0.717) is 28.0 Å². The average molecular weight is 438 g/mol. The monoisotopic (exact) mass is 437 g/mol. The summed E-state index contributed by atoms with van der Waals surface area (Å²) >= 11 is 6.11. The fourth-order valence-corrected chi connectivity index (χ4v) is 3.20. The first-order valence-corrected chi connectivity index (χ1v) is 10.1. The molecule has 1 amide bonds. The zero-order chi connectivity index (χ0) is 21.8. The number of halogens is 1. The Morgan fingerprint density at radius 1 is 1.16 bits per heavy atom. The highest BCUT2D eigenvalue weighted by atomic mass is 35.5. The van der Waals surface area contributed by atoms with Crippen LogP contribution in [0.5, 0.6) is 0 Å². The molecule has 0 spiro atoms. The van der Waals surface area contributed by atoms with Gasteiger partial charge in [0.1, 0.15) is 12.9 Å². The van der Waals surface area contributed by atoms with Gasteiger partial charge in [0.15, 0.2) is 0 Å². The van der Waals surface area contributed by atoms with Crippen molar-refractivity contribution in [3.8, 4) is 17.1 Å². The number of hydrogen-bond donors (Lipinski definition) is 1. The van der Waals surface area contributed by atoms with E-state index >= 15 is 0 Å². The van der Waals surface area contributed by atoms with Crippen molar-refractivity contribution in [1.29, 1.82) is 0 Å². The van der Waals surface area contributed by atoms with E-state index in [1.165, 1.54) is 21.4 Å². The number of tetrazole rings is 2. The maximum Gasteiger partial charge on any atom is 0.248 e. The lowest BCUT2D eigenvalue weighted by Gasteiger charge is -2.10. The van der Waals surface area contributed by atoms with E-state index < -0.39 is 0 Å². The maximum absolute atomic E-state index is 12.4. The molecule has 0 radical (unpaired) electrons. The Bertz CT molecular complexity index is 1170. The van der Waals surface area contributed by atoms with Crippen LogP contribution in [0, 0.1) is 0 Å². The fourth-order valence-electron chi connectivity index (χ4n) is 3.03. The number of nitrogens with one attached hydrogen (secondary N) is 1. The number of aromatic nitrogens is 8. The summed E-state index contributed by atoms with van der Waals surface area (Å²) in [5.41, 5.74) is 3.19. The van der Waals surface area contributed by atoms with Gasteiger partial charge in [-0.05, 0) is 63.9 Å². The van der Waals surface area contributed by atoms with Gasteiger partial charge in [-0.25, -0.2) is 0 Å². The molecule has 4 rings (SSSR count). The van der Waals surface area contributed by atoms with Gasteiger partial charge in [0.25, 0.3) is 0 Å². The van der Waals surface area contributed by atoms with E-state index in [2.05, 4.69) is 50.1 Å². The molecule has 2 aromatic carbocycles. The van der Waals surface area contributed by atoms with Crippen LogP contribution in [0.25, 0.3) is 17.1 Å². The van der Waals surface area contributed by atoms with Crippen LogP contribution in [0.4, 0.5) is 5.69 Å². The molecule has 0 unspecified atom stereocenters. The molecule has 0 aliphatic carbocycles. The van der Waals surface area contributed by atoms with Crippen molar-refractivity contribution in [3.63, 3.8) is 0 Å². The predicted octanol–water partition coefficient (Wildman–Crippen LogP) is 3.12. The van der Waals surface area contributed by atoms with Crippen LogP contribution in [0.3, 0.4) is 0 Å². The normalized spacial score (nSPS) is 12.0. The van der Waals surface area contributed by atoms with Gasteiger partial charge in [0.2, 0.25) is 11.7 Å². The van der Waals surface area contributed by atoms with Gasteiger partial charge in [-0.2, -0.15) is 9.48 Å². The van der Waals surface area contributed by atoms with Crippen LogP contribution in [0.15, 0.2) is 48.8 Å². The molecule has 4 aromatic rings. The van der Waals surface area contributed by atoms with E-state index in [1.807, 2.05) is 24.3 Å². The SMILES string of the molecule is CC[C@H](C)c1ccc(NC(=O)Cn2nnc(-c3ccc(Cl)cc3-n3cnnn3)n2)cc1. The molecule has 10 nitrogen and oxygen atoms in total. The van der Waals surface area contributed by atoms with Gasteiger partial charge in [0.05, 0.1) is 5.69 Å². The van der Waals surface area contributed by atoms with Gasteiger partial charge in [-0.1, -0.05) is 37.6 Å². The zero-order valence-corrected chi connectivity index (χ0v) is 17.7. The molecule has 0 saturated carbocycles. The average Bonchev–Trinajstić information content (AvgIpc) is 3.46. The quantitative estimate of drug-likeness (QED) is 0.472. The third-order valence-corrected chi connectivity index (χ3v) is 5.15. The molecule has 1 N–H and O–H groups in total. The minimum Gasteiger partial charge on any atom is -0.324 e. The summed E-state index contributed by atoms with van der Waals surface area (Å²) in [6, 6.07) is 13.0. The fraction of sp³-hybridized carbons (Fsp3) is 0.250. The number of amides is 1. The largest absolute Gasteiger partial charge is 0.324 e. The van der Waals surface area contributed by atoms with Crippen molar-refractivity contribution in [3.05, 3.63) is 59.4 Å². The van der Waals surface area contributed by atoms with E-state index in [0.717, 1.165) is 12.1 Å². The number of rotatable bonds is 7. The molecule has 1 atom stereocenters. The second-order valence-corrected chi connectivity index (χ2v) is 7.48. The van der Waals surface area contributed by atoms with Crippen LogP contribution in [-0.4, -0.2) is 46.3 Å². The van der Waals surface area contributed by atoms with Crippen LogP contribution >= 0.6 is 11.6 Å². The van der Waals surface area contributed by atoms with Gasteiger partial charge in [0, 0.05) is 16.3 Å². The molecule has 11 heteroatoms. The van der Waals surface area contributed by atoms with Crippen molar-refractivity contribution in [2.75, 3.05) is 5.32 Å². The van der Waals surface area contributed by atoms with Crippen LogP contribution in [0.2, 0.25) is 5.02 Å². The molecular formula is C20H20ClN9O. The maximum atomic E-state index is 12.4. The summed E-state index contributed by atoms with van der Waals surface area (Å²) in [5.74, 6) is 0.554. The molecule has 0 bridgehead atoms. The first kappa shape index (κ1) is 20.6. The van der Waals surface area contributed by atoms with E-state index in [4.69, 9.17) is 11.6 Å². The van der Waals surface area contributed by atoms with E-state index in [9.17, 15) is 4.79 Å². The van der Waals surface area contributed by atoms with Crippen molar-refractivity contribution in [1.82, 2.24) is 40.4 Å². The molecule has 0 fully saturated rings. The number of hydrogen-bond acceptors (Lipinski definition) is 7. The van der Waals surface area contributed by atoms with Gasteiger partial charge < -0.3 is 5.32 Å². The lowest BCUT2D eigenvalue weighted by atomic mass is 9.99. The van der Waals surface area contributed by atoms with E-state index in [1.54, 1.807) is 18.2 Å². The highest BCUT2D eigenvalue weighted by Crippen LogP contribution is 2.26. The van der Waals surface area contributed by atoms with E-state index in [-0.39, 0.29) is 12.5 Å². The van der Waals surface area contributed by atoms with Crippen LogP contribution in [-0.2, 0) is 11.3 Å². The topological polar surface area (TPSA) is 116 Å². The standard InChI is InChI=1S/C20H20ClN9O/c1-3-13(2)14-4-7-16(8-5-14)23-19(31)11-30-25-20(24-27-30)17-9-6-15(21)10-18(17)29-12-22-26-28-29/h4-10,12-13H,3,11H2,1-2H3,(H,23,31)/t13-/m0/s1. The Kier molecular flexibility index (Phi) is 5.99. The van der Waals surface area contributed by atoms with Gasteiger partial charge >= 0.3 is 0 Å². The Morgan fingerprint density at radius 2 is 1.97 bits per heavy atom. The van der Waals surface area contributed by atoms with Crippen molar-refractivity contribution < 1.29 is 4.79 Å². The Balaban J connectivity index is 1.47. The molecule has 0 saturated heterocycles. The first-order valence-electron chi connectivity index (χ1n) is 9.74. The number of carbonyl (C=O) groups excluding carboxylic acids is 1. The highest BCUT2D eigenvalue weighted by Gasteiger charge is 2.15. The second-order valence-electron chi connectivity index (χ2n) is 7.04. The Morgan fingerprint density at radius 3 is 2.68 bits per heavy atom. The number of carbonyl (C=O) groups is 1. The molecular weight excluding hydrogens is 418 g/mol. The molecule has 2 heterocycles. The van der Waals surface area contributed by atoms with Crippen molar-refractivity contribution >= 4 is 23.2 Å². The molecule has 2 aromatic heterocycles. The van der Waals surface area contributed by atoms with Crippen LogP contribution < -0.4 is 5.32 Å². The second kappa shape index (κ2) is 9.00. The predicted molar refractivity (Wildman–Crippen MR) is 115 cm³/mol. The smallest absolute Gasteiger partial charge is 0.248 e. The summed E-state index contributed by atoms with van der Waals surface area (Å²) in [6.07, 6.45) is 2.51. The third-order valence-electron chi connectivity index (χ3n) is 4.91. The molecule has 31 heavy (non-hydrogen) atoms. The highest BCUT2D eigenvalue weighted by molar-refractivity contribution is 6.30. The lowest BCUT2D eigenvalue weighted by molar-refractivity contribution is -0.117. The molecule has 158 valence electrons. The minimum atomic E-state index is -0.253. The van der Waals surface area contributed by atoms with Crippen molar-refractivity contribution in [2.24, 2.45) is 0 Å². The van der Waals surface area contributed by atoms with Gasteiger partial charge in [-0.3, -0.25) is 4.79 Å². The number of nitrogens with zero attached hydrogens (tertiary/aromatic N) is 8. The Labute approximate surface area is 183 Å². The Hall–Kier alpha value is -3.66. The van der Waals surface area contributed by atoms with Crippen molar-refractivity contribution in [2.45, 2.75) is 32.7 Å². The molecule has 0 aliphatic rings. The summed E-state index contributed by atoms with van der Waals surface area (Å²) in [7, 11) is 0. The zero-order valence-electron chi connectivity index (χ0n) is 17.0. The third kappa shape index (κ3) is 4.75. The number of benzene rings is 2. The summed E-state index contributed by atoms with van der Waals surface area (Å²) in [6.45, 7) is 4.25. The molecule has 0 aliphatic heterocycles. The minimum absolute atomic E-state index is 0.0755. The lowest BCUT2D eigenvalue weighted by Crippen LogP contribution is -2.20.